The highest BCUT2D eigenvalue weighted by Gasteiger charge is 2.18. The largest absolute Gasteiger partial charge is 0.494 e. The molecule has 8 heteroatoms. The molecule has 128 valence electrons. The molecule has 2 aromatic heterocycles. The average molecular weight is 358 g/mol. The van der Waals surface area contributed by atoms with E-state index in [2.05, 4.69) is 10.3 Å². The Hall–Kier alpha value is -3.00. The number of para-hydroxylation sites is 1. The Bertz CT molecular complexity index is 959. The molecule has 3 heterocycles. The Morgan fingerprint density at radius 2 is 2.28 bits per heavy atom. The molecule has 1 aromatic carbocycles. The molecule has 0 bridgehead atoms. The Morgan fingerprint density at radius 3 is 3.08 bits per heavy atom. The van der Waals surface area contributed by atoms with Crippen molar-refractivity contribution in [3.8, 4) is 17.2 Å². The van der Waals surface area contributed by atoms with Gasteiger partial charge >= 0.3 is 0 Å². The van der Waals surface area contributed by atoms with Gasteiger partial charge in [0, 0.05) is 10.8 Å². The van der Waals surface area contributed by atoms with Crippen LogP contribution >= 0.6 is 11.3 Å². The monoisotopic (exact) mass is 358 g/mol. The first kappa shape index (κ1) is 15.5. The van der Waals surface area contributed by atoms with Crippen LogP contribution in [0.3, 0.4) is 0 Å². The van der Waals surface area contributed by atoms with E-state index in [1.165, 1.54) is 17.6 Å². The fraction of sp³-hybridized carbons (Fsp3) is 0.176. The van der Waals surface area contributed by atoms with Crippen LogP contribution in [-0.2, 0) is 14.3 Å². The van der Waals surface area contributed by atoms with E-state index < -0.39 is 5.91 Å². The van der Waals surface area contributed by atoms with Gasteiger partial charge in [0.25, 0.3) is 5.91 Å². The van der Waals surface area contributed by atoms with Crippen molar-refractivity contribution in [1.29, 1.82) is 0 Å². The summed E-state index contributed by atoms with van der Waals surface area (Å²) in [5.41, 5.74) is 1.30. The number of hydrogen-bond acceptors (Lipinski definition) is 7. The van der Waals surface area contributed by atoms with Gasteiger partial charge in [-0.05, 0) is 12.1 Å². The van der Waals surface area contributed by atoms with Crippen LogP contribution in [0.15, 0.2) is 46.1 Å². The molecular formula is C17H14N2O5S. The smallest absolute Gasteiger partial charge is 0.295 e. The van der Waals surface area contributed by atoms with Crippen LogP contribution in [0.5, 0.6) is 5.75 Å². The fourth-order valence-corrected chi connectivity index (χ4v) is 3.11. The standard InChI is InChI=1S/C17H14N2O5S/c1-21-12-4-2-3-10-7-13(24-15(10)12)11-9-25-17(18-11)19-16(20)14-8-22-5-6-23-14/h2-4,7-9H,5-6H2,1H3,(H,18,19,20). The molecule has 0 saturated carbocycles. The summed E-state index contributed by atoms with van der Waals surface area (Å²) in [6.07, 6.45) is 1.30. The van der Waals surface area contributed by atoms with Gasteiger partial charge in [-0.3, -0.25) is 10.1 Å². The van der Waals surface area contributed by atoms with Gasteiger partial charge in [0.05, 0.1) is 7.11 Å². The van der Waals surface area contributed by atoms with Crippen LogP contribution in [0.1, 0.15) is 0 Å². The SMILES string of the molecule is COc1cccc2cc(-c3csc(NC(=O)C4=COCCO4)n3)oc12. The van der Waals surface area contributed by atoms with Crippen LogP contribution in [0.2, 0.25) is 0 Å². The molecule has 3 aromatic rings. The first-order chi connectivity index (χ1) is 12.2. The van der Waals surface area contributed by atoms with E-state index in [1.807, 2.05) is 29.6 Å². The maximum absolute atomic E-state index is 12.1. The minimum Gasteiger partial charge on any atom is -0.494 e. The molecule has 0 fully saturated rings. The summed E-state index contributed by atoms with van der Waals surface area (Å²) < 4.78 is 21.5. The minimum atomic E-state index is -0.396. The Morgan fingerprint density at radius 1 is 1.36 bits per heavy atom. The van der Waals surface area contributed by atoms with Crippen molar-refractivity contribution in [2.45, 2.75) is 0 Å². The first-order valence-corrected chi connectivity index (χ1v) is 8.41. The van der Waals surface area contributed by atoms with Crippen molar-refractivity contribution in [2.75, 3.05) is 25.6 Å². The Balaban J connectivity index is 1.57. The van der Waals surface area contributed by atoms with Crippen molar-refractivity contribution in [2.24, 2.45) is 0 Å². The lowest BCUT2D eigenvalue weighted by Gasteiger charge is -2.14. The zero-order valence-corrected chi connectivity index (χ0v) is 14.1. The van der Waals surface area contributed by atoms with Gasteiger partial charge in [0.2, 0.25) is 5.76 Å². The van der Waals surface area contributed by atoms with Crippen molar-refractivity contribution in [3.63, 3.8) is 0 Å². The fourth-order valence-electron chi connectivity index (χ4n) is 2.41. The molecule has 0 aliphatic carbocycles. The van der Waals surface area contributed by atoms with Gasteiger partial charge in [0.1, 0.15) is 25.2 Å². The van der Waals surface area contributed by atoms with Crippen molar-refractivity contribution < 1.29 is 23.4 Å². The Kier molecular flexibility index (Phi) is 4.02. The second-order valence-corrected chi connectivity index (χ2v) is 6.04. The van der Waals surface area contributed by atoms with Crippen LogP contribution in [-0.4, -0.2) is 31.2 Å². The number of carbonyl (C=O) groups excluding carboxylic acids is 1. The van der Waals surface area contributed by atoms with E-state index in [0.717, 1.165) is 5.39 Å². The number of thiazole rings is 1. The number of fused-ring (bicyclic) bond motifs is 1. The predicted octanol–water partition coefficient (Wildman–Crippen LogP) is 3.39. The molecule has 0 radical (unpaired) electrons. The highest BCUT2D eigenvalue weighted by atomic mass is 32.1. The molecule has 0 spiro atoms. The highest BCUT2D eigenvalue weighted by Crippen LogP contribution is 2.34. The van der Waals surface area contributed by atoms with Crippen LogP contribution in [0.25, 0.3) is 22.4 Å². The molecule has 1 N–H and O–H groups in total. The number of ether oxygens (including phenoxy) is 3. The van der Waals surface area contributed by atoms with Gasteiger partial charge in [0.15, 0.2) is 22.2 Å². The number of rotatable bonds is 4. The van der Waals surface area contributed by atoms with E-state index in [4.69, 9.17) is 18.6 Å². The minimum absolute atomic E-state index is 0.136. The quantitative estimate of drug-likeness (QED) is 0.770. The number of hydrogen-bond donors (Lipinski definition) is 1. The number of nitrogens with one attached hydrogen (secondary N) is 1. The summed E-state index contributed by atoms with van der Waals surface area (Å²) in [4.78, 5) is 16.5. The van der Waals surface area contributed by atoms with Crippen LogP contribution in [0.4, 0.5) is 5.13 Å². The Labute approximate surface area is 146 Å². The number of furan rings is 1. The molecule has 1 aliphatic heterocycles. The second kappa shape index (κ2) is 6.48. The first-order valence-electron chi connectivity index (χ1n) is 7.53. The zero-order valence-electron chi connectivity index (χ0n) is 13.3. The number of carbonyl (C=O) groups is 1. The third-order valence-electron chi connectivity index (χ3n) is 3.58. The number of benzene rings is 1. The normalized spacial score (nSPS) is 13.7. The van der Waals surface area contributed by atoms with Gasteiger partial charge in [-0.1, -0.05) is 12.1 Å². The topological polar surface area (TPSA) is 82.8 Å². The van der Waals surface area contributed by atoms with Crippen molar-refractivity contribution in [1.82, 2.24) is 4.98 Å². The summed E-state index contributed by atoms with van der Waals surface area (Å²) in [5.74, 6) is 1.00. The third kappa shape index (κ3) is 3.03. The van der Waals surface area contributed by atoms with Gasteiger partial charge in [-0.15, -0.1) is 11.3 Å². The number of amides is 1. The van der Waals surface area contributed by atoms with Gasteiger partial charge < -0.3 is 18.6 Å². The molecular weight excluding hydrogens is 344 g/mol. The summed E-state index contributed by atoms with van der Waals surface area (Å²) in [5, 5.41) is 5.87. The average Bonchev–Trinajstić information content (AvgIpc) is 3.28. The van der Waals surface area contributed by atoms with Gasteiger partial charge in [-0.2, -0.15) is 0 Å². The zero-order chi connectivity index (χ0) is 17.2. The van der Waals surface area contributed by atoms with Crippen LogP contribution in [0, 0.1) is 0 Å². The van der Waals surface area contributed by atoms with Gasteiger partial charge in [-0.25, -0.2) is 4.98 Å². The lowest BCUT2D eigenvalue weighted by Crippen LogP contribution is -2.21. The molecule has 4 rings (SSSR count). The predicted molar refractivity (Wildman–Crippen MR) is 92.5 cm³/mol. The van der Waals surface area contributed by atoms with Crippen LogP contribution < -0.4 is 10.1 Å². The number of anilines is 1. The molecule has 0 unspecified atom stereocenters. The molecule has 1 aliphatic rings. The lowest BCUT2D eigenvalue weighted by atomic mass is 10.2. The molecule has 0 saturated heterocycles. The molecule has 7 nitrogen and oxygen atoms in total. The van der Waals surface area contributed by atoms with Crippen molar-refractivity contribution >= 4 is 33.3 Å². The highest BCUT2D eigenvalue weighted by molar-refractivity contribution is 7.14. The summed E-state index contributed by atoms with van der Waals surface area (Å²) in [6, 6.07) is 7.56. The summed E-state index contributed by atoms with van der Waals surface area (Å²) >= 11 is 1.30. The maximum atomic E-state index is 12.1. The van der Waals surface area contributed by atoms with E-state index >= 15 is 0 Å². The lowest BCUT2D eigenvalue weighted by molar-refractivity contribution is -0.117. The molecule has 1 amide bonds. The van der Waals surface area contributed by atoms with E-state index in [-0.39, 0.29) is 5.76 Å². The second-order valence-electron chi connectivity index (χ2n) is 5.18. The number of aromatic nitrogens is 1. The molecule has 25 heavy (non-hydrogen) atoms. The third-order valence-corrected chi connectivity index (χ3v) is 4.34. The van der Waals surface area contributed by atoms with Crippen molar-refractivity contribution in [3.05, 3.63) is 41.7 Å². The van der Waals surface area contributed by atoms with E-state index in [0.29, 0.717) is 41.1 Å². The van der Waals surface area contributed by atoms with E-state index in [9.17, 15) is 4.79 Å². The molecule has 0 atom stereocenters. The maximum Gasteiger partial charge on any atom is 0.295 e. The number of nitrogens with zero attached hydrogens (tertiary/aromatic N) is 1. The number of methoxy groups -OCH3 is 1. The summed E-state index contributed by atoms with van der Waals surface area (Å²) in [6.45, 7) is 0.789. The van der Waals surface area contributed by atoms with E-state index in [1.54, 1.807) is 7.11 Å². The summed E-state index contributed by atoms with van der Waals surface area (Å²) in [7, 11) is 1.60.